The number of nitrogens with one attached hydrogen (secondary N) is 2. The molecule has 8 nitrogen and oxygen atoms in total. The zero-order chi connectivity index (χ0) is 18.8. The van der Waals surface area contributed by atoms with E-state index in [1.54, 1.807) is 0 Å². The van der Waals surface area contributed by atoms with Gasteiger partial charge in [0.25, 0.3) is 10.0 Å². The molecule has 0 aliphatic rings. The number of benzene rings is 2. The summed E-state index contributed by atoms with van der Waals surface area (Å²) in [6.07, 6.45) is 0. The molecule has 0 aliphatic heterocycles. The van der Waals surface area contributed by atoms with Gasteiger partial charge < -0.3 is 5.32 Å². The van der Waals surface area contributed by atoms with Crippen LogP contribution in [-0.4, -0.2) is 22.7 Å². The summed E-state index contributed by atoms with van der Waals surface area (Å²) in [5.41, 5.74) is -0.225. The number of amides is 1. The highest BCUT2D eigenvalue weighted by molar-refractivity contribution is 7.93. The van der Waals surface area contributed by atoms with E-state index in [1.807, 2.05) is 4.72 Å². The number of sulfonamides is 2. The van der Waals surface area contributed by atoms with Crippen LogP contribution in [0.2, 0.25) is 0 Å². The fraction of sp³-hybridized carbons (Fsp3) is 0.0714. The van der Waals surface area contributed by atoms with Crippen LogP contribution in [0.25, 0.3) is 0 Å². The van der Waals surface area contributed by atoms with Gasteiger partial charge in [-0.15, -0.1) is 0 Å². The molecule has 0 heterocycles. The van der Waals surface area contributed by atoms with E-state index in [2.05, 4.69) is 5.32 Å². The highest BCUT2D eigenvalue weighted by Gasteiger charge is 2.19. The van der Waals surface area contributed by atoms with E-state index in [-0.39, 0.29) is 5.69 Å². The Hall–Kier alpha value is -2.50. The third-order valence-electron chi connectivity index (χ3n) is 2.98. The number of hydrogen-bond donors (Lipinski definition) is 3. The van der Waals surface area contributed by atoms with Crippen LogP contribution in [0.1, 0.15) is 6.92 Å². The number of nitrogens with two attached hydrogens (primary N) is 1. The molecule has 0 radical (unpaired) electrons. The molecule has 0 unspecified atom stereocenters. The van der Waals surface area contributed by atoms with Gasteiger partial charge in [-0.3, -0.25) is 9.52 Å². The van der Waals surface area contributed by atoms with Crippen LogP contribution >= 0.6 is 0 Å². The Bertz CT molecular complexity index is 1040. The molecule has 1 amide bonds. The molecule has 11 heteroatoms. The number of anilines is 2. The molecule has 0 aliphatic carbocycles. The lowest BCUT2D eigenvalue weighted by molar-refractivity contribution is -0.114. The van der Waals surface area contributed by atoms with Crippen molar-refractivity contribution in [2.45, 2.75) is 16.7 Å². The van der Waals surface area contributed by atoms with Gasteiger partial charge in [-0.1, -0.05) is 6.07 Å². The first-order valence-electron chi connectivity index (χ1n) is 6.72. The normalized spacial score (nSPS) is 11.8. The molecule has 0 bridgehead atoms. The third-order valence-corrected chi connectivity index (χ3v) is 5.25. The summed E-state index contributed by atoms with van der Waals surface area (Å²) in [5, 5.41) is 7.36. The topological polar surface area (TPSA) is 135 Å². The fourth-order valence-electron chi connectivity index (χ4n) is 1.91. The first kappa shape index (κ1) is 18.8. The maximum atomic E-state index is 13.9. The molecule has 0 spiro atoms. The second kappa shape index (κ2) is 6.78. The van der Waals surface area contributed by atoms with E-state index in [0.29, 0.717) is 0 Å². The zero-order valence-corrected chi connectivity index (χ0v) is 14.5. The van der Waals surface area contributed by atoms with Gasteiger partial charge in [-0.05, 0) is 36.4 Å². The van der Waals surface area contributed by atoms with Gasteiger partial charge in [-0.2, -0.15) is 0 Å². The Morgan fingerprint density at radius 1 is 1.04 bits per heavy atom. The van der Waals surface area contributed by atoms with Crippen LogP contribution in [0.3, 0.4) is 0 Å². The van der Waals surface area contributed by atoms with Crippen LogP contribution < -0.4 is 15.2 Å². The minimum Gasteiger partial charge on any atom is -0.326 e. The number of carbonyl (C=O) groups excluding carboxylic acids is 1. The van der Waals surface area contributed by atoms with Crippen molar-refractivity contribution < 1.29 is 26.0 Å². The SMILES string of the molecule is CC(=O)Nc1ccc(F)c(NS(=O)(=O)c2cccc(S(N)(=O)=O)c2)c1. The smallest absolute Gasteiger partial charge is 0.262 e. The highest BCUT2D eigenvalue weighted by atomic mass is 32.2. The summed E-state index contributed by atoms with van der Waals surface area (Å²) in [6, 6.07) is 7.64. The second-order valence-electron chi connectivity index (χ2n) is 5.00. The summed E-state index contributed by atoms with van der Waals surface area (Å²) in [7, 11) is -8.39. The van der Waals surface area contributed by atoms with E-state index in [9.17, 15) is 26.0 Å². The number of primary sulfonamides is 1. The summed E-state index contributed by atoms with van der Waals surface area (Å²) in [6.45, 7) is 1.24. The van der Waals surface area contributed by atoms with Crippen LogP contribution in [-0.2, 0) is 24.8 Å². The fourth-order valence-corrected chi connectivity index (χ4v) is 3.64. The van der Waals surface area contributed by atoms with E-state index in [1.165, 1.54) is 19.1 Å². The first-order valence-corrected chi connectivity index (χ1v) is 9.75. The molecule has 134 valence electrons. The first-order chi connectivity index (χ1) is 11.5. The predicted molar refractivity (Wildman–Crippen MR) is 89.3 cm³/mol. The summed E-state index contributed by atoms with van der Waals surface area (Å²) in [4.78, 5) is 10.2. The maximum Gasteiger partial charge on any atom is 0.262 e. The Morgan fingerprint density at radius 3 is 2.28 bits per heavy atom. The zero-order valence-electron chi connectivity index (χ0n) is 12.9. The van der Waals surface area contributed by atoms with E-state index in [4.69, 9.17) is 5.14 Å². The number of carbonyl (C=O) groups is 1. The molecule has 2 aromatic carbocycles. The molecular weight excluding hydrogens is 373 g/mol. The summed E-state index contributed by atoms with van der Waals surface area (Å²) in [5.74, 6) is -1.29. The molecule has 25 heavy (non-hydrogen) atoms. The second-order valence-corrected chi connectivity index (χ2v) is 8.25. The van der Waals surface area contributed by atoms with Crippen molar-refractivity contribution in [2.24, 2.45) is 5.14 Å². The monoisotopic (exact) mass is 387 g/mol. The molecule has 0 aromatic heterocycles. The molecule has 2 aromatic rings. The van der Waals surface area contributed by atoms with Crippen LogP contribution in [0.15, 0.2) is 52.3 Å². The van der Waals surface area contributed by atoms with Gasteiger partial charge in [0.15, 0.2) is 0 Å². The van der Waals surface area contributed by atoms with Gasteiger partial charge in [-0.25, -0.2) is 26.4 Å². The molecule has 2 rings (SSSR count). The van der Waals surface area contributed by atoms with Gasteiger partial charge in [0.1, 0.15) is 5.82 Å². The quantitative estimate of drug-likeness (QED) is 0.709. The van der Waals surface area contributed by atoms with Crippen molar-refractivity contribution in [3.05, 3.63) is 48.3 Å². The van der Waals surface area contributed by atoms with Crippen molar-refractivity contribution in [3.63, 3.8) is 0 Å². The molecule has 0 atom stereocenters. The molecule has 0 saturated carbocycles. The minimum atomic E-state index is -4.29. The van der Waals surface area contributed by atoms with Gasteiger partial charge >= 0.3 is 0 Å². The van der Waals surface area contributed by atoms with Crippen molar-refractivity contribution >= 4 is 37.3 Å². The minimum absolute atomic E-state index is 0.185. The third kappa shape index (κ3) is 4.75. The van der Waals surface area contributed by atoms with Crippen LogP contribution in [0.4, 0.5) is 15.8 Å². The van der Waals surface area contributed by atoms with E-state index >= 15 is 0 Å². The van der Waals surface area contributed by atoms with Gasteiger partial charge in [0, 0.05) is 12.6 Å². The molecular formula is C14H14FN3O5S2. The predicted octanol–water partition coefficient (Wildman–Crippen LogP) is 1.23. The average molecular weight is 387 g/mol. The standard InChI is InChI=1S/C14H14FN3O5S2/c1-9(19)17-10-5-6-13(15)14(7-10)18-25(22,23)12-4-2-3-11(8-12)24(16,20)21/h2-8,18H,1H3,(H,17,19)(H2,16,20,21). The van der Waals surface area contributed by atoms with Crippen LogP contribution in [0, 0.1) is 5.82 Å². The number of hydrogen-bond acceptors (Lipinski definition) is 5. The highest BCUT2D eigenvalue weighted by Crippen LogP contribution is 2.24. The molecule has 0 fully saturated rings. The van der Waals surface area contributed by atoms with E-state index in [0.717, 1.165) is 30.3 Å². The van der Waals surface area contributed by atoms with Crippen LogP contribution in [0.5, 0.6) is 0 Å². The lowest BCUT2D eigenvalue weighted by atomic mass is 10.2. The van der Waals surface area contributed by atoms with Crippen molar-refractivity contribution in [1.82, 2.24) is 0 Å². The molecule has 0 saturated heterocycles. The Labute approximate surface area is 144 Å². The average Bonchev–Trinajstić information content (AvgIpc) is 2.49. The Kier molecular flexibility index (Phi) is 5.11. The lowest BCUT2D eigenvalue weighted by Crippen LogP contribution is -2.17. The lowest BCUT2D eigenvalue weighted by Gasteiger charge is -2.11. The summed E-state index contributed by atoms with van der Waals surface area (Å²) >= 11 is 0. The summed E-state index contributed by atoms with van der Waals surface area (Å²) < 4.78 is 63.3. The van der Waals surface area contributed by atoms with Gasteiger partial charge in [0.2, 0.25) is 15.9 Å². The van der Waals surface area contributed by atoms with Crippen molar-refractivity contribution in [1.29, 1.82) is 0 Å². The Morgan fingerprint density at radius 2 is 1.68 bits per heavy atom. The largest absolute Gasteiger partial charge is 0.326 e. The Balaban J connectivity index is 2.41. The van der Waals surface area contributed by atoms with E-state index < -0.39 is 47.2 Å². The number of rotatable bonds is 5. The number of halogens is 1. The van der Waals surface area contributed by atoms with Crippen molar-refractivity contribution in [2.75, 3.05) is 10.0 Å². The van der Waals surface area contributed by atoms with Crippen molar-refractivity contribution in [3.8, 4) is 0 Å². The maximum absolute atomic E-state index is 13.9. The molecule has 4 N–H and O–H groups in total. The van der Waals surface area contributed by atoms with Gasteiger partial charge in [0.05, 0.1) is 15.5 Å².